The first-order chi connectivity index (χ1) is 8.34. The summed E-state index contributed by atoms with van der Waals surface area (Å²) in [5.41, 5.74) is 1.14. The van der Waals surface area contributed by atoms with Gasteiger partial charge in [-0.1, -0.05) is 19.1 Å². The van der Waals surface area contributed by atoms with E-state index in [0.29, 0.717) is 0 Å². The molecule has 0 unspecified atom stereocenters. The molecule has 0 saturated carbocycles. The van der Waals surface area contributed by atoms with Gasteiger partial charge in [-0.2, -0.15) is 0 Å². The van der Waals surface area contributed by atoms with E-state index in [0.717, 1.165) is 24.2 Å². The van der Waals surface area contributed by atoms with Crippen molar-refractivity contribution in [1.82, 2.24) is 0 Å². The van der Waals surface area contributed by atoms with Gasteiger partial charge in [-0.25, -0.2) is 0 Å². The van der Waals surface area contributed by atoms with E-state index in [1.807, 2.05) is 13.0 Å². The Bertz CT molecular complexity index is 512. The van der Waals surface area contributed by atoms with Crippen LogP contribution in [0.3, 0.4) is 0 Å². The summed E-state index contributed by atoms with van der Waals surface area (Å²) >= 11 is 0. The Morgan fingerprint density at radius 3 is 2.83 bits per heavy atom. The van der Waals surface area contributed by atoms with Crippen LogP contribution in [0.2, 0.25) is 0 Å². The molecular weight excluding hydrogens is 228 g/mol. The highest BCUT2D eigenvalue weighted by Gasteiger charge is 2.52. The second-order valence-corrected chi connectivity index (χ2v) is 6.29. The van der Waals surface area contributed by atoms with E-state index in [2.05, 4.69) is 6.92 Å². The predicted octanol–water partition coefficient (Wildman–Crippen LogP) is 1.99. The van der Waals surface area contributed by atoms with Crippen LogP contribution in [0.25, 0.3) is 0 Å². The fourth-order valence-corrected chi connectivity index (χ4v) is 3.61. The Kier molecular flexibility index (Phi) is 2.32. The van der Waals surface area contributed by atoms with Crippen molar-refractivity contribution in [3.63, 3.8) is 0 Å². The van der Waals surface area contributed by atoms with Gasteiger partial charge in [-0.3, -0.25) is 0 Å². The lowest BCUT2D eigenvalue weighted by molar-refractivity contribution is -0.120. The summed E-state index contributed by atoms with van der Waals surface area (Å²) in [4.78, 5) is 0. The summed E-state index contributed by atoms with van der Waals surface area (Å²) in [6.07, 6.45) is 6.32. The monoisotopic (exact) mass is 248 g/mol. The molecule has 1 aromatic rings. The Morgan fingerprint density at radius 2 is 2.11 bits per heavy atom. The van der Waals surface area contributed by atoms with Gasteiger partial charge in [0, 0.05) is 12.3 Å². The van der Waals surface area contributed by atoms with Crippen LogP contribution in [0, 0.1) is 18.3 Å². The molecule has 0 fully saturated rings. The van der Waals surface area contributed by atoms with E-state index in [1.165, 1.54) is 5.56 Å². The number of hydrogen-bond donors (Lipinski definition) is 2. The molecule has 0 amide bonds. The first kappa shape index (κ1) is 12.0. The van der Waals surface area contributed by atoms with Gasteiger partial charge < -0.3 is 14.6 Å². The second kappa shape index (κ2) is 3.49. The lowest BCUT2D eigenvalue weighted by atomic mass is 9.57. The van der Waals surface area contributed by atoms with Crippen LogP contribution in [0.4, 0.5) is 0 Å². The van der Waals surface area contributed by atoms with Crippen molar-refractivity contribution < 1.29 is 14.6 Å². The van der Waals surface area contributed by atoms with Crippen molar-refractivity contribution in [2.75, 3.05) is 0 Å². The third kappa shape index (κ3) is 1.44. The highest BCUT2D eigenvalue weighted by molar-refractivity contribution is 5.35. The van der Waals surface area contributed by atoms with E-state index < -0.39 is 11.7 Å². The van der Waals surface area contributed by atoms with Crippen molar-refractivity contribution in [3.05, 3.63) is 35.3 Å². The van der Waals surface area contributed by atoms with Gasteiger partial charge in [-0.15, -0.1) is 0 Å². The summed E-state index contributed by atoms with van der Waals surface area (Å²) < 4.78 is 5.62. The lowest BCUT2D eigenvalue weighted by Gasteiger charge is -2.50. The van der Waals surface area contributed by atoms with Crippen LogP contribution in [0.15, 0.2) is 22.8 Å². The molecule has 2 aliphatic carbocycles. The molecule has 2 N–H and O–H groups in total. The zero-order valence-electron chi connectivity index (χ0n) is 11.1. The summed E-state index contributed by atoms with van der Waals surface area (Å²) in [6.45, 7) is 5.91. The summed E-state index contributed by atoms with van der Waals surface area (Å²) in [5, 5.41) is 20.6. The van der Waals surface area contributed by atoms with E-state index >= 15 is 0 Å². The highest BCUT2D eigenvalue weighted by Crippen LogP contribution is 2.50. The van der Waals surface area contributed by atoms with Crippen LogP contribution in [0.1, 0.15) is 30.7 Å². The Hall–Kier alpha value is -1.06. The molecule has 98 valence electrons. The first-order valence-electron chi connectivity index (χ1n) is 6.50. The third-order valence-corrected chi connectivity index (χ3v) is 4.90. The second-order valence-electron chi connectivity index (χ2n) is 6.29. The number of furan rings is 1. The quantitative estimate of drug-likeness (QED) is 0.690. The van der Waals surface area contributed by atoms with E-state index in [4.69, 9.17) is 4.42 Å². The van der Waals surface area contributed by atoms with Gasteiger partial charge in [0.05, 0.1) is 11.9 Å². The first-order valence-corrected chi connectivity index (χ1v) is 6.50. The molecule has 1 aromatic heterocycles. The van der Waals surface area contributed by atoms with E-state index in [1.54, 1.807) is 19.3 Å². The maximum Gasteiger partial charge on any atom is 0.108 e. The number of aliphatic hydroxyl groups is 2. The predicted molar refractivity (Wildman–Crippen MR) is 68.2 cm³/mol. The number of allylic oxidation sites excluding steroid dienone is 1. The van der Waals surface area contributed by atoms with Gasteiger partial charge in [0.25, 0.3) is 0 Å². The van der Waals surface area contributed by atoms with Crippen LogP contribution >= 0.6 is 0 Å². The van der Waals surface area contributed by atoms with Gasteiger partial charge in [0.2, 0.25) is 0 Å². The summed E-state index contributed by atoms with van der Waals surface area (Å²) in [6, 6.07) is 0. The molecule has 4 atom stereocenters. The minimum atomic E-state index is -1.08. The lowest BCUT2D eigenvalue weighted by Crippen LogP contribution is -2.56. The molecule has 18 heavy (non-hydrogen) atoms. The Morgan fingerprint density at radius 1 is 1.39 bits per heavy atom. The fourth-order valence-electron chi connectivity index (χ4n) is 3.61. The molecule has 0 aromatic carbocycles. The molecule has 0 aliphatic heterocycles. The van der Waals surface area contributed by atoms with Gasteiger partial charge in [0.15, 0.2) is 0 Å². The Labute approximate surface area is 107 Å². The van der Waals surface area contributed by atoms with E-state index in [-0.39, 0.29) is 11.3 Å². The number of fused-ring (bicyclic) bond motifs is 2. The largest absolute Gasteiger partial charge is 0.469 e. The number of hydrogen-bond acceptors (Lipinski definition) is 3. The SMILES string of the molecule is Cc1coc2c1C[C@H]1[C@](C)(O)[C@H](O)C=C[C@@]1(C)C2. The van der Waals surface area contributed by atoms with Crippen molar-refractivity contribution in [2.45, 2.75) is 45.3 Å². The van der Waals surface area contributed by atoms with Gasteiger partial charge in [0.1, 0.15) is 11.9 Å². The Balaban J connectivity index is 2.10. The molecule has 0 bridgehead atoms. The molecule has 0 spiro atoms. The third-order valence-electron chi connectivity index (χ3n) is 4.90. The van der Waals surface area contributed by atoms with Gasteiger partial charge >= 0.3 is 0 Å². The standard InChI is InChI=1S/C15H20O3/c1-9-8-18-11-7-14(2)5-4-13(16)15(3,17)12(14)6-10(9)11/h4-5,8,12-13,16-17H,6-7H2,1-3H3/t12-,13-,14+,15+/m1/s1. The molecule has 2 aliphatic rings. The highest BCUT2D eigenvalue weighted by atomic mass is 16.3. The number of aliphatic hydroxyl groups excluding tert-OH is 1. The zero-order valence-corrected chi connectivity index (χ0v) is 11.1. The topological polar surface area (TPSA) is 53.6 Å². The summed E-state index contributed by atoms with van der Waals surface area (Å²) in [5.74, 6) is 1.05. The van der Waals surface area contributed by atoms with Crippen LogP contribution in [-0.4, -0.2) is 21.9 Å². The maximum atomic E-state index is 10.6. The molecule has 1 heterocycles. The van der Waals surface area contributed by atoms with Crippen LogP contribution < -0.4 is 0 Å². The maximum absolute atomic E-state index is 10.6. The number of aryl methyl sites for hydroxylation is 1. The number of rotatable bonds is 0. The van der Waals surface area contributed by atoms with Crippen molar-refractivity contribution in [2.24, 2.45) is 11.3 Å². The average molecular weight is 248 g/mol. The van der Waals surface area contributed by atoms with Crippen LogP contribution in [0.5, 0.6) is 0 Å². The molecule has 3 heteroatoms. The van der Waals surface area contributed by atoms with Crippen LogP contribution in [-0.2, 0) is 12.8 Å². The normalized spacial score (nSPS) is 42.5. The van der Waals surface area contributed by atoms with E-state index in [9.17, 15) is 10.2 Å². The smallest absolute Gasteiger partial charge is 0.108 e. The molecular formula is C15H20O3. The zero-order chi connectivity index (χ0) is 13.1. The molecule has 3 rings (SSSR count). The van der Waals surface area contributed by atoms with Crippen molar-refractivity contribution in [1.29, 1.82) is 0 Å². The molecule has 0 saturated heterocycles. The fraction of sp³-hybridized carbons (Fsp3) is 0.600. The minimum absolute atomic E-state index is 0.0220. The molecule has 3 nitrogen and oxygen atoms in total. The minimum Gasteiger partial charge on any atom is -0.469 e. The average Bonchev–Trinajstić information content (AvgIpc) is 2.64. The molecule has 0 radical (unpaired) electrons. The van der Waals surface area contributed by atoms with Crippen molar-refractivity contribution >= 4 is 0 Å². The summed E-state index contributed by atoms with van der Waals surface area (Å²) in [7, 11) is 0. The van der Waals surface area contributed by atoms with Crippen molar-refractivity contribution in [3.8, 4) is 0 Å². The van der Waals surface area contributed by atoms with Gasteiger partial charge in [-0.05, 0) is 36.8 Å².